The van der Waals surface area contributed by atoms with Gasteiger partial charge in [-0.1, -0.05) is 30.3 Å². The minimum Gasteiger partial charge on any atom is -0.426 e. The minimum absolute atomic E-state index is 0.259. The molecule has 0 aliphatic carbocycles. The van der Waals surface area contributed by atoms with E-state index in [4.69, 9.17) is 9.47 Å². The lowest BCUT2D eigenvalue weighted by atomic mass is 9.97. The Morgan fingerprint density at radius 1 is 0.567 bits per heavy atom. The van der Waals surface area contributed by atoms with Crippen LogP contribution in [0.1, 0.15) is 41.5 Å². The van der Waals surface area contributed by atoms with Crippen LogP contribution in [0.2, 0.25) is 0 Å². The smallest absolute Gasteiger partial charge is 0.316 e. The molecule has 4 nitrogen and oxygen atoms in total. The topological polar surface area (TPSA) is 52.6 Å². The maximum atomic E-state index is 12.1. The summed E-state index contributed by atoms with van der Waals surface area (Å²) in [6.07, 6.45) is 0. The van der Waals surface area contributed by atoms with Crippen molar-refractivity contribution in [1.29, 1.82) is 0 Å². The van der Waals surface area contributed by atoms with E-state index in [-0.39, 0.29) is 11.9 Å². The summed E-state index contributed by atoms with van der Waals surface area (Å²) in [5.74, 6) is 0.555. The van der Waals surface area contributed by atoms with E-state index < -0.39 is 10.8 Å². The van der Waals surface area contributed by atoms with E-state index in [1.165, 1.54) is 0 Å². The maximum absolute atomic E-state index is 12.1. The van der Waals surface area contributed by atoms with Crippen LogP contribution >= 0.6 is 0 Å². The largest absolute Gasteiger partial charge is 0.426 e. The minimum atomic E-state index is -0.549. The van der Waals surface area contributed by atoms with E-state index in [0.717, 1.165) is 21.9 Å². The molecule has 30 heavy (non-hydrogen) atoms. The number of rotatable bonds is 3. The molecule has 3 aromatic rings. The van der Waals surface area contributed by atoms with Gasteiger partial charge in [-0.15, -0.1) is 0 Å². The number of benzene rings is 3. The molecule has 0 amide bonds. The molecule has 0 radical (unpaired) electrons. The van der Waals surface area contributed by atoms with Gasteiger partial charge in [-0.2, -0.15) is 0 Å². The van der Waals surface area contributed by atoms with Crippen LogP contribution in [0.3, 0.4) is 0 Å². The molecule has 0 heterocycles. The fourth-order valence-corrected chi connectivity index (χ4v) is 2.70. The summed E-state index contributed by atoms with van der Waals surface area (Å²) in [7, 11) is 0. The third-order valence-electron chi connectivity index (χ3n) is 4.65. The number of hydrogen-bond donors (Lipinski definition) is 0. The van der Waals surface area contributed by atoms with Crippen LogP contribution in [0.4, 0.5) is 0 Å². The number of fused-ring (bicyclic) bond motifs is 1. The highest BCUT2D eigenvalue weighted by Gasteiger charge is 2.24. The third kappa shape index (κ3) is 5.07. The lowest BCUT2D eigenvalue weighted by Crippen LogP contribution is -2.25. The molecule has 0 fully saturated rings. The van der Waals surface area contributed by atoms with E-state index in [1.807, 2.05) is 84.0 Å². The van der Waals surface area contributed by atoms with Crippen LogP contribution in [0.25, 0.3) is 21.9 Å². The first-order valence-corrected chi connectivity index (χ1v) is 10.0. The molecule has 0 bridgehead atoms. The van der Waals surface area contributed by atoms with Gasteiger partial charge in [0.05, 0.1) is 10.8 Å². The Bertz CT molecular complexity index is 1080. The molecule has 0 saturated carbocycles. The number of esters is 2. The SMILES string of the molecule is CC(C)(C)C(=O)Oc1ccc(-c2ccc3cc(OC(=O)C(C)(C)C)ccc3c2)cc1. The van der Waals surface area contributed by atoms with Crippen LogP contribution in [-0.2, 0) is 9.59 Å². The van der Waals surface area contributed by atoms with Crippen molar-refractivity contribution in [2.75, 3.05) is 0 Å². The van der Waals surface area contributed by atoms with Gasteiger partial charge in [0.1, 0.15) is 11.5 Å². The molecule has 4 heteroatoms. The highest BCUT2D eigenvalue weighted by atomic mass is 16.5. The summed E-state index contributed by atoms with van der Waals surface area (Å²) < 4.78 is 10.9. The quantitative estimate of drug-likeness (QED) is 0.374. The van der Waals surface area contributed by atoms with Crippen molar-refractivity contribution in [2.45, 2.75) is 41.5 Å². The standard InChI is InChI=1S/C26H28O4/c1-25(2,3)23(27)29-21-12-9-17(10-13-21)18-7-8-20-16-22(14-11-19(20)15-18)30-24(28)26(4,5)6/h7-16H,1-6H3. The lowest BCUT2D eigenvalue weighted by Gasteiger charge is -2.16. The average Bonchev–Trinajstić information content (AvgIpc) is 2.66. The third-order valence-corrected chi connectivity index (χ3v) is 4.65. The first kappa shape index (κ1) is 21.6. The van der Waals surface area contributed by atoms with Crippen molar-refractivity contribution in [2.24, 2.45) is 10.8 Å². The second-order valence-corrected chi connectivity index (χ2v) is 9.53. The second-order valence-electron chi connectivity index (χ2n) is 9.53. The molecule has 0 aromatic heterocycles. The van der Waals surface area contributed by atoms with Gasteiger partial charge in [0.2, 0.25) is 0 Å². The van der Waals surface area contributed by atoms with Crippen molar-refractivity contribution < 1.29 is 19.1 Å². The lowest BCUT2D eigenvalue weighted by molar-refractivity contribution is -0.143. The predicted octanol–water partition coefficient (Wildman–Crippen LogP) is 6.41. The highest BCUT2D eigenvalue weighted by Crippen LogP contribution is 2.29. The molecular formula is C26H28O4. The Labute approximate surface area is 177 Å². The first-order valence-electron chi connectivity index (χ1n) is 10.0. The summed E-state index contributed by atoms with van der Waals surface area (Å²) in [5.41, 5.74) is 0.981. The van der Waals surface area contributed by atoms with Crippen molar-refractivity contribution >= 4 is 22.7 Å². The van der Waals surface area contributed by atoms with Gasteiger partial charge < -0.3 is 9.47 Å². The summed E-state index contributed by atoms with van der Waals surface area (Å²) >= 11 is 0. The van der Waals surface area contributed by atoms with Crippen LogP contribution in [0, 0.1) is 10.8 Å². The zero-order valence-electron chi connectivity index (χ0n) is 18.4. The Morgan fingerprint density at radius 2 is 1.00 bits per heavy atom. The van der Waals surface area contributed by atoms with Crippen LogP contribution in [0.15, 0.2) is 60.7 Å². The average molecular weight is 405 g/mol. The van der Waals surface area contributed by atoms with Gasteiger partial charge in [-0.05, 0) is 93.8 Å². The highest BCUT2D eigenvalue weighted by molar-refractivity contribution is 5.89. The van der Waals surface area contributed by atoms with E-state index in [0.29, 0.717) is 11.5 Å². The molecule has 0 aliphatic rings. The fourth-order valence-electron chi connectivity index (χ4n) is 2.70. The van der Waals surface area contributed by atoms with Gasteiger partial charge >= 0.3 is 11.9 Å². The molecule has 3 aromatic carbocycles. The molecule has 0 N–H and O–H groups in total. The maximum Gasteiger partial charge on any atom is 0.316 e. The Hall–Kier alpha value is -3.14. The molecule has 0 saturated heterocycles. The van der Waals surface area contributed by atoms with E-state index in [2.05, 4.69) is 6.07 Å². The summed E-state index contributed by atoms with van der Waals surface area (Å²) in [6.45, 7) is 11.0. The first-order chi connectivity index (χ1) is 13.9. The van der Waals surface area contributed by atoms with E-state index in [1.54, 1.807) is 12.1 Å². The van der Waals surface area contributed by atoms with Crippen molar-refractivity contribution in [3.63, 3.8) is 0 Å². The Balaban J connectivity index is 1.79. The normalized spacial score (nSPS) is 11.9. The van der Waals surface area contributed by atoms with Crippen LogP contribution < -0.4 is 9.47 Å². The van der Waals surface area contributed by atoms with Gasteiger partial charge in [-0.25, -0.2) is 0 Å². The summed E-state index contributed by atoms with van der Waals surface area (Å²) in [6, 6.07) is 19.2. The molecule has 0 unspecified atom stereocenters. The Morgan fingerprint density at radius 3 is 1.57 bits per heavy atom. The summed E-state index contributed by atoms with van der Waals surface area (Å²) in [5, 5.41) is 2.04. The molecule has 0 spiro atoms. The Kier molecular flexibility index (Phi) is 5.71. The van der Waals surface area contributed by atoms with Gasteiger partial charge in [0.15, 0.2) is 0 Å². The van der Waals surface area contributed by atoms with Crippen molar-refractivity contribution in [3.8, 4) is 22.6 Å². The second kappa shape index (κ2) is 7.94. The zero-order chi connectivity index (χ0) is 22.1. The fraction of sp³-hybridized carbons (Fsp3) is 0.308. The molecule has 0 aliphatic heterocycles. The number of hydrogen-bond acceptors (Lipinski definition) is 4. The summed E-state index contributed by atoms with van der Waals surface area (Å²) in [4.78, 5) is 24.1. The van der Waals surface area contributed by atoms with Gasteiger partial charge in [0.25, 0.3) is 0 Å². The molecular weight excluding hydrogens is 376 g/mol. The van der Waals surface area contributed by atoms with E-state index in [9.17, 15) is 9.59 Å². The zero-order valence-corrected chi connectivity index (χ0v) is 18.4. The molecule has 0 atom stereocenters. The van der Waals surface area contributed by atoms with Crippen LogP contribution in [-0.4, -0.2) is 11.9 Å². The van der Waals surface area contributed by atoms with Crippen molar-refractivity contribution in [1.82, 2.24) is 0 Å². The number of carbonyl (C=O) groups excluding carboxylic acids is 2. The number of carbonyl (C=O) groups is 2. The number of ether oxygens (including phenoxy) is 2. The predicted molar refractivity (Wildman–Crippen MR) is 120 cm³/mol. The monoisotopic (exact) mass is 404 g/mol. The van der Waals surface area contributed by atoms with Gasteiger partial charge in [0, 0.05) is 0 Å². The van der Waals surface area contributed by atoms with Crippen LogP contribution in [0.5, 0.6) is 11.5 Å². The van der Waals surface area contributed by atoms with Gasteiger partial charge in [-0.3, -0.25) is 9.59 Å². The van der Waals surface area contributed by atoms with Crippen molar-refractivity contribution in [3.05, 3.63) is 60.7 Å². The molecule has 156 valence electrons. The molecule has 3 rings (SSSR count). The van der Waals surface area contributed by atoms with E-state index >= 15 is 0 Å².